The summed E-state index contributed by atoms with van der Waals surface area (Å²) in [4.78, 5) is 23.9. The zero-order valence-corrected chi connectivity index (χ0v) is 15.7. The molecule has 0 aromatic heterocycles. The Morgan fingerprint density at radius 3 is 1.96 bits per heavy atom. The van der Waals surface area contributed by atoms with Crippen molar-refractivity contribution in [2.24, 2.45) is 23.7 Å². The minimum atomic E-state index is -0.823. The summed E-state index contributed by atoms with van der Waals surface area (Å²) in [5.74, 6) is -1.59. The van der Waals surface area contributed by atoms with Crippen molar-refractivity contribution in [3.05, 3.63) is 12.2 Å². The Morgan fingerprint density at radius 1 is 0.880 bits per heavy atom. The summed E-state index contributed by atoms with van der Waals surface area (Å²) in [7, 11) is 0. The number of carboxylic acid groups (broad SMARTS) is 1. The molecule has 0 radical (unpaired) electrons. The van der Waals surface area contributed by atoms with E-state index in [1.807, 2.05) is 12.2 Å². The van der Waals surface area contributed by atoms with Crippen LogP contribution >= 0.6 is 0 Å². The van der Waals surface area contributed by atoms with Gasteiger partial charge in [0.25, 0.3) is 0 Å². The zero-order chi connectivity index (χ0) is 18.1. The predicted molar refractivity (Wildman–Crippen MR) is 100 cm³/mol. The number of amides is 1. The Labute approximate surface area is 152 Å². The van der Waals surface area contributed by atoms with Crippen LogP contribution in [0.4, 0.5) is 0 Å². The first-order valence-electron chi connectivity index (χ1n) is 10.3. The Bertz CT molecular complexity index is 460. The van der Waals surface area contributed by atoms with E-state index < -0.39 is 11.9 Å². The lowest BCUT2D eigenvalue weighted by atomic mass is 9.82. The smallest absolute Gasteiger partial charge is 0.307 e. The summed E-state index contributed by atoms with van der Waals surface area (Å²) in [6.07, 6.45) is 17.6. The van der Waals surface area contributed by atoms with Crippen LogP contribution in [0.5, 0.6) is 0 Å². The maximum Gasteiger partial charge on any atom is 0.307 e. The largest absolute Gasteiger partial charge is 0.481 e. The molecule has 1 amide bonds. The molecule has 0 aliphatic heterocycles. The van der Waals surface area contributed by atoms with Gasteiger partial charge in [-0.3, -0.25) is 9.59 Å². The molecule has 2 aliphatic carbocycles. The molecule has 0 saturated heterocycles. The normalized spacial score (nSPS) is 26.9. The van der Waals surface area contributed by atoms with Gasteiger partial charge in [0.05, 0.1) is 11.8 Å². The first kappa shape index (κ1) is 20.0. The van der Waals surface area contributed by atoms with Gasteiger partial charge in [-0.05, 0) is 24.7 Å². The molecule has 0 aromatic rings. The van der Waals surface area contributed by atoms with Crippen LogP contribution in [0.15, 0.2) is 12.2 Å². The lowest BCUT2D eigenvalue weighted by molar-refractivity contribution is -0.147. The molecule has 0 aromatic carbocycles. The highest BCUT2D eigenvalue weighted by molar-refractivity contribution is 5.86. The number of allylic oxidation sites excluding steroid dienone is 2. The Hall–Kier alpha value is -1.32. The molecule has 4 atom stereocenters. The molecular formula is C21H35NO3. The number of carbonyl (C=O) groups excluding carboxylic acids is 1. The summed E-state index contributed by atoms with van der Waals surface area (Å²) in [5.41, 5.74) is 0. The summed E-state index contributed by atoms with van der Waals surface area (Å²) >= 11 is 0. The first-order valence-corrected chi connectivity index (χ1v) is 10.3. The van der Waals surface area contributed by atoms with E-state index in [0.717, 1.165) is 19.3 Å². The lowest BCUT2D eigenvalue weighted by Crippen LogP contribution is -2.40. The first-order chi connectivity index (χ1) is 12.1. The van der Waals surface area contributed by atoms with Crippen LogP contribution in [0.2, 0.25) is 0 Å². The second kappa shape index (κ2) is 10.6. The molecule has 25 heavy (non-hydrogen) atoms. The average molecular weight is 350 g/mol. The molecule has 2 aliphatic rings. The number of rotatable bonds is 13. The van der Waals surface area contributed by atoms with Gasteiger partial charge in [-0.25, -0.2) is 0 Å². The third-order valence-electron chi connectivity index (χ3n) is 5.88. The molecule has 1 saturated carbocycles. The van der Waals surface area contributed by atoms with Crippen molar-refractivity contribution in [1.82, 2.24) is 5.32 Å². The molecule has 2 bridgehead atoms. The van der Waals surface area contributed by atoms with Crippen LogP contribution in [0, 0.1) is 23.7 Å². The molecule has 0 spiro atoms. The maximum absolute atomic E-state index is 12.4. The van der Waals surface area contributed by atoms with E-state index in [1.54, 1.807) is 0 Å². The molecule has 0 heterocycles. The average Bonchev–Trinajstić information content (AvgIpc) is 3.20. The van der Waals surface area contributed by atoms with E-state index in [0.29, 0.717) is 6.54 Å². The van der Waals surface area contributed by atoms with Crippen molar-refractivity contribution in [3.8, 4) is 0 Å². The fraction of sp³-hybridized carbons (Fsp3) is 0.810. The van der Waals surface area contributed by atoms with E-state index in [-0.39, 0.29) is 23.7 Å². The standard InChI is InChI=1S/C21H35NO3/c1-2-3-4-5-6-7-8-9-10-11-14-22-20(23)18-16-12-13-17(15-16)19(18)21(24)25/h12-13,16-19H,2-11,14-15H2,1H3,(H,22,23)(H,24,25)/t16-,17-,18-,19-/m0/s1. The summed E-state index contributed by atoms with van der Waals surface area (Å²) in [6, 6.07) is 0. The van der Waals surface area contributed by atoms with Crippen molar-refractivity contribution in [1.29, 1.82) is 0 Å². The van der Waals surface area contributed by atoms with Gasteiger partial charge in [0.1, 0.15) is 0 Å². The molecule has 4 nitrogen and oxygen atoms in total. The molecule has 1 fully saturated rings. The minimum Gasteiger partial charge on any atom is -0.481 e. The summed E-state index contributed by atoms with van der Waals surface area (Å²) in [5, 5.41) is 12.4. The molecule has 4 heteroatoms. The highest BCUT2D eigenvalue weighted by Gasteiger charge is 2.51. The number of aliphatic carboxylic acids is 1. The number of carbonyl (C=O) groups is 2. The van der Waals surface area contributed by atoms with Crippen LogP contribution in [0.1, 0.15) is 77.6 Å². The van der Waals surface area contributed by atoms with Gasteiger partial charge in [-0.15, -0.1) is 0 Å². The van der Waals surface area contributed by atoms with Crippen molar-refractivity contribution in [2.45, 2.75) is 77.6 Å². The summed E-state index contributed by atoms with van der Waals surface area (Å²) in [6.45, 7) is 2.92. The molecular weight excluding hydrogens is 314 g/mol. The van der Waals surface area contributed by atoms with Gasteiger partial charge in [-0.2, -0.15) is 0 Å². The van der Waals surface area contributed by atoms with Crippen LogP contribution in [-0.4, -0.2) is 23.5 Å². The molecule has 2 N–H and O–H groups in total. The van der Waals surface area contributed by atoms with E-state index in [2.05, 4.69) is 12.2 Å². The number of carboxylic acids is 1. The van der Waals surface area contributed by atoms with Crippen LogP contribution < -0.4 is 5.32 Å². The van der Waals surface area contributed by atoms with Crippen molar-refractivity contribution in [2.75, 3.05) is 6.54 Å². The SMILES string of the molecule is CCCCCCCCCCCCNC(=O)[C@@H]1[C@@H](C(=O)O)[C@H]2C=C[C@H]1C2. The molecule has 0 unspecified atom stereocenters. The van der Waals surface area contributed by atoms with Gasteiger partial charge in [0.2, 0.25) is 5.91 Å². The van der Waals surface area contributed by atoms with Gasteiger partial charge in [0.15, 0.2) is 0 Å². The lowest BCUT2D eigenvalue weighted by Gasteiger charge is -2.23. The van der Waals surface area contributed by atoms with Crippen molar-refractivity contribution < 1.29 is 14.7 Å². The number of nitrogens with one attached hydrogen (secondary N) is 1. The number of hydrogen-bond donors (Lipinski definition) is 2. The highest BCUT2D eigenvalue weighted by Crippen LogP contribution is 2.48. The predicted octanol–water partition coefficient (Wildman–Crippen LogP) is 4.55. The number of unbranched alkanes of at least 4 members (excludes halogenated alkanes) is 9. The fourth-order valence-electron chi connectivity index (χ4n) is 4.46. The van der Waals surface area contributed by atoms with E-state index in [1.165, 1.54) is 51.4 Å². The highest BCUT2D eigenvalue weighted by atomic mass is 16.4. The van der Waals surface area contributed by atoms with Gasteiger partial charge >= 0.3 is 5.97 Å². The Kier molecular flexibility index (Phi) is 8.50. The minimum absolute atomic E-state index is 0.0515. The Balaban J connectivity index is 1.52. The number of fused-ring (bicyclic) bond motifs is 2. The monoisotopic (exact) mass is 349 g/mol. The van der Waals surface area contributed by atoms with E-state index in [9.17, 15) is 14.7 Å². The summed E-state index contributed by atoms with van der Waals surface area (Å²) < 4.78 is 0. The number of hydrogen-bond acceptors (Lipinski definition) is 2. The Morgan fingerprint density at radius 2 is 1.40 bits per heavy atom. The van der Waals surface area contributed by atoms with E-state index in [4.69, 9.17) is 0 Å². The van der Waals surface area contributed by atoms with Gasteiger partial charge < -0.3 is 10.4 Å². The van der Waals surface area contributed by atoms with Crippen LogP contribution in [0.25, 0.3) is 0 Å². The van der Waals surface area contributed by atoms with Gasteiger partial charge in [0, 0.05) is 6.54 Å². The van der Waals surface area contributed by atoms with E-state index >= 15 is 0 Å². The van der Waals surface area contributed by atoms with Crippen molar-refractivity contribution in [3.63, 3.8) is 0 Å². The van der Waals surface area contributed by atoms with Crippen molar-refractivity contribution >= 4 is 11.9 Å². The third-order valence-corrected chi connectivity index (χ3v) is 5.88. The molecule has 2 rings (SSSR count). The fourth-order valence-corrected chi connectivity index (χ4v) is 4.46. The van der Waals surface area contributed by atoms with Crippen LogP contribution in [-0.2, 0) is 9.59 Å². The van der Waals surface area contributed by atoms with Crippen LogP contribution in [0.3, 0.4) is 0 Å². The third kappa shape index (κ3) is 5.86. The topological polar surface area (TPSA) is 66.4 Å². The maximum atomic E-state index is 12.4. The molecule has 142 valence electrons. The quantitative estimate of drug-likeness (QED) is 0.379. The van der Waals surface area contributed by atoms with Gasteiger partial charge in [-0.1, -0.05) is 76.9 Å². The second-order valence-electron chi connectivity index (χ2n) is 7.81. The zero-order valence-electron chi connectivity index (χ0n) is 15.7. The second-order valence-corrected chi connectivity index (χ2v) is 7.81.